The van der Waals surface area contributed by atoms with Gasteiger partial charge in [0.05, 0.1) is 24.7 Å². The first-order valence-electron chi connectivity index (χ1n) is 6.07. The van der Waals surface area contributed by atoms with Gasteiger partial charge in [-0.15, -0.1) is 0 Å². The Labute approximate surface area is 114 Å². The summed E-state index contributed by atoms with van der Waals surface area (Å²) >= 11 is 0. The first-order chi connectivity index (χ1) is 9.32. The highest BCUT2D eigenvalue weighted by Crippen LogP contribution is 2.29. The van der Waals surface area contributed by atoms with Crippen molar-refractivity contribution in [1.82, 2.24) is 0 Å². The molecule has 0 spiro atoms. The van der Waals surface area contributed by atoms with Crippen molar-refractivity contribution in [3.05, 3.63) is 29.8 Å². The number of esters is 1. The van der Waals surface area contributed by atoms with E-state index < -0.39 is 23.8 Å². The van der Waals surface area contributed by atoms with Crippen molar-refractivity contribution in [2.24, 2.45) is 0 Å². The predicted octanol–water partition coefficient (Wildman–Crippen LogP) is 2.43. The molecule has 0 heterocycles. The molecule has 1 aromatic carbocycles. The van der Waals surface area contributed by atoms with Crippen LogP contribution in [0.15, 0.2) is 24.3 Å². The Morgan fingerprint density at radius 1 is 1.35 bits per heavy atom. The normalized spacial score (nSPS) is 12.8. The zero-order valence-electron chi connectivity index (χ0n) is 10.9. The Kier molecular flexibility index (Phi) is 5.82. The average molecular weight is 291 g/mol. The highest BCUT2D eigenvalue weighted by molar-refractivity contribution is 5.70. The average Bonchev–Trinajstić information content (AvgIpc) is 2.36. The molecule has 0 aliphatic carbocycles. The van der Waals surface area contributed by atoms with Crippen LogP contribution in [0.5, 0.6) is 0 Å². The lowest BCUT2D eigenvalue weighted by molar-refractivity contribution is -0.145. The van der Waals surface area contributed by atoms with E-state index in [9.17, 15) is 23.1 Å². The molecule has 1 atom stereocenters. The first kappa shape index (κ1) is 16.3. The Bertz CT molecular complexity index is 431. The minimum Gasteiger partial charge on any atom is -0.466 e. The number of aliphatic hydroxyl groups is 1. The predicted molar refractivity (Wildman–Crippen MR) is 67.2 cm³/mol. The van der Waals surface area contributed by atoms with Crippen LogP contribution in [0, 0.1) is 0 Å². The molecule has 0 bridgehead atoms. The molecule has 0 aliphatic rings. The molecule has 0 saturated carbocycles. The summed E-state index contributed by atoms with van der Waals surface area (Å²) in [5, 5.41) is 12.3. The number of benzene rings is 1. The third-order valence-corrected chi connectivity index (χ3v) is 2.46. The van der Waals surface area contributed by atoms with Gasteiger partial charge in [0.15, 0.2) is 0 Å². The van der Waals surface area contributed by atoms with Crippen molar-refractivity contribution >= 4 is 11.7 Å². The Morgan fingerprint density at radius 3 is 2.45 bits per heavy atom. The number of nitrogens with one attached hydrogen (secondary N) is 1. The van der Waals surface area contributed by atoms with Gasteiger partial charge >= 0.3 is 12.1 Å². The lowest BCUT2D eigenvalue weighted by Crippen LogP contribution is -2.23. The van der Waals surface area contributed by atoms with E-state index >= 15 is 0 Å². The number of carbonyl (C=O) groups excluding carboxylic acids is 1. The van der Waals surface area contributed by atoms with Crippen LogP contribution in [0.4, 0.5) is 18.9 Å². The summed E-state index contributed by atoms with van der Waals surface area (Å²) in [5.74, 6) is -0.519. The van der Waals surface area contributed by atoms with Gasteiger partial charge in [0.25, 0.3) is 0 Å². The van der Waals surface area contributed by atoms with Crippen LogP contribution in [-0.4, -0.2) is 30.3 Å². The van der Waals surface area contributed by atoms with Gasteiger partial charge in [0.1, 0.15) is 0 Å². The maximum atomic E-state index is 12.3. The van der Waals surface area contributed by atoms with Gasteiger partial charge in [-0.2, -0.15) is 13.2 Å². The second kappa shape index (κ2) is 7.14. The third kappa shape index (κ3) is 5.48. The van der Waals surface area contributed by atoms with E-state index in [-0.39, 0.29) is 19.6 Å². The van der Waals surface area contributed by atoms with Crippen LogP contribution in [0.1, 0.15) is 18.9 Å². The fourth-order valence-electron chi connectivity index (χ4n) is 1.50. The van der Waals surface area contributed by atoms with Gasteiger partial charge in [0.2, 0.25) is 0 Å². The third-order valence-electron chi connectivity index (χ3n) is 2.46. The van der Waals surface area contributed by atoms with E-state index in [2.05, 4.69) is 10.1 Å². The van der Waals surface area contributed by atoms with Crippen LogP contribution < -0.4 is 5.32 Å². The molecule has 1 aromatic rings. The molecule has 0 fully saturated rings. The number of rotatable bonds is 6. The minimum atomic E-state index is -4.37. The van der Waals surface area contributed by atoms with E-state index in [1.165, 1.54) is 12.1 Å². The van der Waals surface area contributed by atoms with Gasteiger partial charge in [0, 0.05) is 12.2 Å². The molecular weight excluding hydrogens is 275 g/mol. The molecule has 20 heavy (non-hydrogen) atoms. The van der Waals surface area contributed by atoms with Crippen molar-refractivity contribution < 1.29 is 27.8 Å². The number of anilines is 1. The monoisotopic (exact) mass is 291 g/mol. The summed E-state index contributed by atoms with van der Waals surface area (Å²) in [6, 6.07) is 4.42. The number of hydrogen-bond acceptors (Lipinski definition) is 4. The largest absolute Gasteiger partial charge is 0.466 e. The maximum Gasteiger partial charge on any atom is 0.416 e. The summed E-state index contributed by atoms with van der Waals surface area (Å²) in [7, 11) is 0. The molecule has 1 rings (SSSR count). The van der Waals surface area contributed by atoms with E-state index in [0.29, 0.717) is 5.69 Å². The fraction of sp³-hybridized carbons (Fsp3) is 0.462. The minimum absolute atomic E-state index is 0.0458. The standard InChI is InChI=1S/C13H16F3NO3/c1-2-20-12(19)7-11(18)8-17-10-5-3-9(4-6-10)13(14,15)16/h3-6,11,17-18H,2,7-8H2,1H3. The van der Waals surface area contributed by atoms with Gasteiger partial charge in [-0.1, -0.05) is 0 Å². The van der Waals surface area contributed by atoms with Crippen LogP contribution >= 0.6 is 0 Å². The van der Waals surface area contributed by atoms with Crippen molar-refractivity contribution in [2.45, 2.75) is 25.6 Å². The van der Waals surface area contributed by atoms with Crippen LogP contribution in [0.25, 0.3) is 0 Å². The SMILES string of the molecule is CCOC(=O)CC(O)CNc1ccc(C(F)(F)F)cc1. The molecule has 2 N–H and O–H groups in total. The van der Waals surface area contributed by atoms with Crippen LogP contribution in [0.3, 0.4) is 0 Å². The van der Waals surface area contributed by atoms with Crippen molar-refractivity contribution in [1.29, 1.82) is 0 Å². The maximum absolute atomic E-state index is 12.3. The number of aliphatic hydroxyl groups excluding tert-OH is 1. The summed E-state index contributed by atoms with van der Waals surface area (Å²) in [5.41, 5.74) is -0.309. The summed E-state index contributed by atoms with van der Waals surface area (Å²) < 4.78 is 41.7. The van der Waals surface area contributed by atoms with Crippen LogP contribution in [-0.2, 0) is 15.7 Å². The molecule has 112 valence electrons. The highest BCUT2D eigenvalue weighted by atomic mass is 19.4. The van der Waals surface area contributed by atoms with E-state index in [4.69, 9.17) is 0 Å². The molecule has 4 nitrogen and oxygen atoms in total. The summed E-state index contributed by atoms with van der Waals surface area (Å²) in [6.45, 7) is 1.94. The Balaban J connectivity index is 2.44. The molecule has 0 amide bonds. The van der Waals surface area contributed by atoms with Crippen molar-refractivity contribution in [3.63, 3.8) is 0 Å². The van der Waals surface area contributed by atoms with E-state index in [1.807, 2.05) is 0 Å². The molecule has 0 radical (unpaired) electrons. The van der Waals surface area contributed by atoms with Crippen LogP contribution in [0.2, 0.25) is 0 Å². The molecule has 7 heteroatoms. The number of halogens is 3. The Morgan fingerprint density at radius 2 is 1.95 bits per heavy atom. The second-order valence-electron chi connectivity index (χ2n) is 4.12. The van der Waals surface area contributed by atoms with Gasteiger partial charge in [-0.3, -0.25) is 4.79 Å². The number of alkyl halides is 3. The van der Waals surface area contributed by atoms with E-state index in [0.717, 1.165) is 12.1 Å². The second-order valence-corrected chi connectivity index (χ2v) is 4.12. The summed E-state index contributed by atoms with van der Waals surface area (Å²) in [4.78, 5) is 11.1. The topological polar surface area (TPSA) is 58.6 Å². The van der Waals surface area contributed by atoms with E-state index in [1.54, 1.807) is 6.92 Å². The number of ether oxygens (including phenoxy) is 1. The lowest BCUT2D eigenvalue weighted by atomic mass is 10.2. The molecule has 0 saturated heterocycles. The zero-order valence-corrected chi connectivity index (χ0v) is 10.9. The quantitative estimate of drug-likeness (QED) is 0.790. The van der Waals surface area contributed by atoms with Gasteiger partial charge < -0.3 is 15.2 Å². The lowest BCUT2D eigenvalue weighted by Gasteiger charge is -2.13. The molecule has 0 aromatic heterocycles. The zero-order chi connectivity index (χ0) is 15.2. The Hall–Kier alpha value is -1.76. The first-order valence-corrected chi connectivity index (χ1v) is 6.07. The van der Waals surface area contributed by atoms with Gasteiger partial charge in [-0.05, 0) is 31.2 Å². The number of hydrogen-bond donors (Lipinski definition) is 2. The molecule has 1 unspecified atom stereocenters. The van der Waals surface area contributed by atoms with Crippen molar-refractivity contribution in [2.75, 3.05) is 18.5 Å². The van der Waals surface area contributed by atoms with Crippen molar-refractivity contribution in [3.8, 4) is 0 Å². The van der Waals surface area contributed by atoms with Gasteiger partial charge in [-0.25, -0.2) is 0 Å². The summed E-state index contributed by atoms with van der Waals surface area (Å²) in [6.07, 6.45) is -5.50. The highest BCUT2D eigenvalue weighted by Gasteiger charge is 2.29. The molecular formula is C13H16F3NO3. The number of carbonyl (C=O) groups is 1. The molecule has 0 aliphatic heterocycles. The smallest absolute Gasteiger partial charge is 0.416 e. The fourth-order valence-corrected chi connectivity index (χ4v) is 1.50.